The highest BCUT2D eigenvalue weighted by molar-refractivity contribution is 6.74. The average molecular weight is 598 g/mol. The van der Waals surface area contributed by atoms with Gasteiger partial charge in [-0.25, -0.2) is 0 Å². The molecule has 3 aliphatic rings. The van der Waals surface area contributed by atoms with Crippen LogP contribution in [0.25, 0.3) is 0 Å². The molecule has 4 atom stereocenters. The third-order valence-corrected chi connectivity index (χ3v) is 18.5. The van der Waals surface area contributed by atoms with Crippen molar-refractivity contribution in [1.82, 2.24) is 0 Å². The van der Waals surface area contributed by atoms with Crippen LogP contribution in [0.5, 0.6) is 0 Å². The van der Waals surface area contributed by atoms with E-state index in [1.807, 2.05) is 4.90 Å². The summed E-state index contributed by atoms with van der Waals surface area (Å²) in [5, 5.41) is 11.2. The van der Waals surface area contributed by atoms with Gasteiger partial charge in [-0.05, 0) is 24.2 Å². The Balaban J connectivity index is 1.80. The maximum Gasteiger partial charge on any atom is 0.349 e. The van der Waals surface area contributed by atoms with Gasteiger partial charge in [0.05, 0.1) is 17.2 Å². The van der Waals surface area contributed by atoms with Crippen molar-refractivity contribution < 1.29 is 22.9 Å². The lowest BCUT2D eigenvalue weighted by atomic mass is 10.1. The SMILES string of the molecule is CC(C)(C)[Si](C)(C)O[C@@H]1[C@@H]2O[Si](C(C)(C)C)(C(C)(C)C)OC[C@H]2O[C@H]1N1CN=Cc2cc([N+](=O)[O-])c(Cl)cc21. The van der Waals surface area contributed by atoms with E-state index in [4.69, 9.17) is 29.6 Å². The maximum atomic E-state index is 11.5. The largest absolute Gasteiger partial charge is 0.407 e. The Bertz CT molecular complexity index is 1140. The molecule has 0 radical (unpaired) electrons. The van der Waals surface area contributed by atoms with Gasteiger partial charge in [0, 0.05) is 27.9 Å². The summed E-state index contributed by atoms with van der Waals surface area (Å²) in [7, 11) is -5.09. The number of nitro benzene ring substituents is 1. The molecule has 0 saturated carbocycles. The summed E-state index contributed by atoms with van der Waals surface area (Å²) in [5.41, 5.74) is 1.19. The Labute approximate surface area is 239 Å². The molecule has 0 N–H and O–H groups in total. The molecule has 3 heterocycles. The summed E-state index contributed by atoms with van der Waals surface area (Å²) in [4.78, 5) is 17.6. The molecule has 3 aliphatic heterocycles. The lowest BCUT2D eigenvalue weighted by molar-refractivity contribution is -0.384. The molecule has 0 aliphatic carbocycles. The van der Waals surface area contributed by atoms with Crippen LogP contribution in [-0.2, 0) is 18.0 Å². The average Bonchev–Trinajstić information content (AvgIpc) is 3.12. The van der Waals surface area contributed by atoms with E-state index in [0.717, 1.165) is 5.69 Å². The third kappa shape index (κ3) is 5.24. The highest BCUT2D eigenvalue weighted by Gasteiger charge is 2.66. The summed E-state index contributed by atoms with van der Waals surface area (Å²) >= 11 is 6.37. The molecule has 2 saturated heterocycles. The van der Waals surface area contributed by atoms with Gasteiger partial charge in [-0.1, -0.05) is 73.9 Å². The van der Waals surface area contributed by atoms with E-state index in [2.05, 4.69) is 80.4 Å². The lowest BCUT2D eigenvalue weighted by Crippen LogP contribution is -2.66. The van der Waals surface area contributed by atoms with E-state index in [1.54, 1.807) is 12.3 Å². The van der Waals surface area contributed by atoms with E-state index in [9.17, 15) is 10.1 Å². The molecule has 0 unspecified atom stereocenters. The normalized spacial score (nSPS) is 27.3. The summed E-state index contributed by atoms with van der Waals surface area (Å²) in [6.45, 7) is 25.1. The Morgan fingerprint density at radius 3 is 2.28 bits per heavy atom. The van der Waals surface area contributed by atoms with Crippen LogP contribution >= 0.6 is 11.6 Å². The van der Waals surface area contributed by atoms with Gasteiger partial charge in [0.25, 0.3) is 5.69 Å². The Kier molecular flexibility index (Phi) is 7.76. The molecule has 1 aromatic carbocycles. The second-order valence-corrected chi connectivity index (χ2v) is 24.4. The van der Waals surface area contributed by atoms with Crippen LogP contribution in [-0.4, -0.2) is 65.8 Å². The summed E-state index contributed by atoms with van der Waals surface area (Å²) in [6, 6.07) is 3.10. The van der Waals surface area contributed by atoms with E-state index in [1.165, 1.54) is 6.07 Å². The van der Waals surface area contributed by atoms with Crippen LogP contribution in [0.2, 0.25) is 33.2 Å². The monoisotopic (exact) mass is 597 g/mol. The Hall–Kier alpha value is -1.35. The number of rotatable bonds is 4. The van der Waals surface area contributed by atoms with Crippen molar-refractivity contribution in [2.75, 3.05) is 18.2 Å². The van der Waals surface area contributed by atoms with E-state index >= 15 is 0 Å². The van der Waals surface area contributed by atoms with Gasteiger partial charge in [0.2, 0.25) is 0 Å². The molecule has 0 aromatic heterocycles. The van der Waals surface area contributed by atoms with Crippen LogP contribution < -0.4 is 4.90 Å². The van der Waals surface area contributed by atoms with Gasteiger partial charge in [-0.15, -0.1) is 0 Å². The van der Waals surface area contributed by atoms with Gasteiger partial charge in [0.15, 0.2) is 14.5 Å². The molecule has 9 nitrogen and oxygen atoms in total. The highest BCUT2D eigenvalue weighted by atomic mass is 35.5. The van der Waals surface area contributed by atoms with Crippen molar-refractivity contribution in [3.63, 3.8) is 0 Å². The van der Waals surface area contributed by atoms with E-state index < -0.39 is 34.1 Å². The molecule has 4 rings (SSSR count). The number of aliphatic imine (C=N–C) groups is 1. The second kappa shape index (κ2) is 9.89. The van der Waals surface area contributed by atoms with Crippen molar-refractivity contribution in [1.29, 1.82) is 0 Å². The highest BCUT2D eigenvalue weighted by Crippen LogP contribution is 2.56. The van der Waals surface area contributed by atoms with Crippen molar-refractivity contribution in [3.8, 4) is 0 Å². The van der Waals surface area contributed by atoms with Crippen LogP contribution in [0.3, 0.4) is 0 Å². The number of anilines is 1. The fourth-order valence-corrected chi connectivity index (χ4v) is 12.3. The molecule has 0 spiro atoms. The van der Waals surface area contributed by atoms with Gasteiger partial charge < -0.3 is 22.9 Å². The number of nitro groups is 1. The minimum atomic E-state index is -2.80. The van der Waals surface area contributed by atoms with Gasteiger partial charge in [0.1, 0.15) is 30.0 Å². The first-order chi connectivity index (χ1) is 17.7. The van der Waals surface area contributed by atoms with Crippen molar-refractivity contribution in [3.05, 3.63) is 32.8 Å². The predicted octanol–water partition coefficient (Wildman–Crippen LogP) is 7.02. The van der Waals surface area contributed by atoms with E-state index in [0.29, 0.717) is 18.8 Å². The predicted molar refractivity (Wildman–Crippen MR) is 160 cm³/mol. The first-order valence-corrected chi connectivity index (χ1v) is 18.7. The Morgan fingerprint density at radius 2 is 1.74 bits per heavy atom. The quantitative estimate of drug-likeness (QED) is 0.209. The van der Waals surface area contributed by atoms with Crippen molar-refractivity contribution in [2.45, 2.75) is 115 Å². The fraction of sp³-hybridized carbons (Fsp3) is 0.741. The molecule has 218 valence electrons. The molecular weight excluding hydrogens is 554 g/mol. The zero-order valence-electron chi connectivity index (χ0n) is 25.1. The van der Waals surface area contributed by atoms with Crippen LogP contribution in [0.1, 0.15) is 67.9 Å². The summed E-state index contributed by atoms with van der Waals surface area (Å²) in [6.07, 6.45) is 0.0592. The van der Waals surface area contributed by atoms with Gasteiger partial charge in [-0.2, -0.15) is 0 Å². The number of ether oxygens (including phenoxy) is 1. The number of nitrogens with zero attached hydrogens (tertiary/aromatic N) is 3. The summed E-state index contributed by atoms with van der Waals surface area (Å²) in [5.74, 6) is 0. The zero-order chi connectivity index (χ0) is 29.3. The van der Waals surface area contributed by atoms with Gasteiger partial charge >= 0.3 is 8.56 Å². The standard InChI is InChI=1S/C27H44ClN3O6Si2/c1-25(2,3)38(10,11)36-23-22-21(15-34-39(37-22,26(4,5)6)27(7,8)9)35-24(23)30-16-29-14-17-12-20(31(32)33)18(28)13-19(17)30/h12-14,21-24H,15-16H2,1-11H3/t21-,22-,23-,24-/m1/s1. The van der Waals surface area contributed by atoms with Gasteiger partial charge in [-0.3, -0.25) is 15.1 Å². The number of hydrogen-bond donors (Lipinski definition) is 0. The molecule has 2 fully saturated rings. The maximum absolute atomic E-state index is 11.5. The van der Waals surface area contributed by atoms with Crippen molar-refractivity contribution >= 4 is 46.1 Å². The van der Waals surface area contributed by atoms with Crippen LogP contribution in [0.15, 0.2) is 17.1 Å². The molecule has 1 aromatic rings. The Morgan fingerprint density at radius 1 is 1.13 bits per heavy atom. The molecule has 0 amide bonds. The topological polar surface area (TPSA) is 95.7 Å². The molecule has 12 heteroatoms. The fourth-order valence-electron chi connectivity index (χ4n) is 5.80. The van der Waals surface area contributed by atoms with Crippen molar-refractivity contribution in [2.24, 2.45) is 4.99 Å². The second-order valence-electron chi connectivity index (χ2n) is 14.5. The lowest BCUT2D eigenvalue weighted by Gasteiger charge is -2.54. The minimum absolute atomic E-state index is 0.0365. The molecule has 0 bridgehead atoms. The first kappa shape index (κ1) is 30.6. The number of fused-ring (bicyclic) bond motifs is 2. The smallest absolute Gasteiger partial charge is 0.349 e. The van der Waals surface area contributed by atoms with Crippen LogP contribution in [0.4, 0.5) is 11.4 Å². The zero-order valence-corrected chi connectivity index (χ0v) is 27.9. The first-order valence-electron chi connectivity index (χ1n) is 13.6. The number of halogens is 1. The number of benzene rings is 1. The minimum Gasteiger partial charge on any atom is -0.407 e. The molecular formula is C27H44ClN3O6Si2. The third-order valence-electron chi connectivity index (χ3n) is 8.62. The summed E-state index contributed by atoms with van der Waals surface area (Å²) < 4.78 is 27.8. The van der Waals surface area contributed by atoms with Crippen LogP contribution in [0, 0.1) is 10.1 Å². The molecule has 39 heavy (non-hydrogen) atoms. The van der Waals surface area contributed by atoms with E-state index in [-0.39, 0.29) is 38.0 Å². The number of hydrogen-bond acceptors (Lipinski definition) is 8.